The van der Waals surface area contributed by atoms with Crippen molar-refractivity contribution >= 4 is 43.8 Å². The zero-order valence-electron chi connectivity index (χ0n) is 12.2. The lowest BCUT2D eigenvalue weighted by atomic mass is 10.2. The SMILES string of the molecule is COc1cc(Br)c(Br)c(C=Nc2ccc3c(c2)OCCO3)c1O. The summed E-state index contributed by atoms with van der Waals surface area (Å²) in [6.45, 7) is 1.07. The molecule has 0 aromatic heterocycles. The van der Waals surface area contributed by atoms with Gasteiger partial charge in [-0.15, -0.1) is 0 Å². The van der Waals surface area contributed by atoms with Gasteiger partial charge in [-0.2, -0.15) is 0 Å². The van der Waals surface area contributed by atoms with E-state index in [1.807, 2.05) is 12.1 Å². The fourth-order valence-electron chi connectivity index (χ4n) is 2.14. The van der Waals surface area contributed by atoms with E-state index in [0.717, 1.165) is 4.47 Å². The van der Waals surface area contributed by atoms with Crippen LogP contribution in [0.15, 0.2) is 38.2 Å². The summed E-state index contributed by atoms with van der Waals surface area (Å²) in [4.78, 5) is 4.40. The quantitative estimate of drug-likeness (QED) is 0.713. The van der Waals surface area contributed by atoms with Gasteiger partial charge in [-0.3, -0.25) is 4.99 Å². The van der Waals surface area contributed by atoms with E-state index in [4.69, 9.17) is 14.2 Å². The second-order valence-electron chi connectivity index (χ2n) is 4.72. The van der Waals surface area contributed by atoms with E-state index < -0.39 is 0 Å². The van der Waals surface area contributed by atoms with E-state index >= 15 is 0 Å². The summed E-state index contributed by atoms with van der Waals surface area (Å²) in [5, 5.41) is 10.3. The molecule has 0 amide bonds. The number of fused-ring (bicyclic) bond motifs is 1. The van der Waals surface area contributed by atoms with Gasteiger partial charge in [0.1, 0.15) is 13.2 Å². The largest absolute Gasteiger partial charge is 0.504 e. The maximum absolute atomic E-state index is 10.3. The molecule has 3 rings (SSSR count). The van der Waals surface area contributed by atoms with Crippen LogP contribution >= 0.6 is 31.9 Å². The molecular formula is C16H13Br2NO4. The van der Waals surface area contributed by atoms with Crippen LogP contribution in [0.5, 0.6) is 23.0 Å². The van der Waals surface area contributed by atoms with Gasteiger partial charge >= 0.3 is 0 Å². The van der Waals surface area contributed by atoms with Crippen molar-refractivity contribution in [1.29, 1.82) is 0 Å². The minimum Gasteiger partial charge on any atom is -0.504 e. The van der Waals surface area contributed by atoms with Crippen molar-refractivity contribution < 1.29 is 19.3 Å². The molecule has 0 atom stereocenters. The van der Waals surface area contributed by atoms with Crippen molar-refractivity contribution in [1.82, 2.24) is 0 Å². The second kappa shape index (κ2) is 6.80. The van der Waals surface area contributed by atoms with Crippen molar-refractivity contribution in [2.24, 2.45) is 4.99 Å². The maximum Gasteiger partial charge on any atom is 0.167 e. The summed E-state index contributed by atoms with van der Waals surface area (Å²) < 4.78 is 17.6. The summed E-state index contributed by atoms with van der Waals surface area (Å²) in [6.07, 6.45) is 1.57. The first-order valence-electron chi connectivity index (χ1n) is 6.79. The molecule has 0 aliphatic carbocycles. The molecule has 0 bridgehead atoms. The Morgan fingerprint density at radius 2 is 1.91 bits per heavy atom. The summed E-state index contributed by atoms with van der Waals surface area (Å²) in [7, 11) is 1.50. The number of nitrogens with zero attached hydrogens (tertiary/aromatic N) is 1. The maximum atomic E-state index is 10.3. The Balaban J connectivity index is 1.95. The van der Waals surface area contributed by atoms with Gasteiger partial charge in [0.2, 0.25) is 0 Å². The lowest BCUT2D eigenvalue weighted by Gasteiger charge is -2.18. The highest BCUT2D eigenvalue weighted by Crippen LogP contribution is 2.40. The van der Waals surface area contributed by atoms with Crippen molar-refractivity contribution in [2.45, 2.75) is 0 Å². The van der Waals surface area contributed by atoms with Gasteiger partial charge in [-0.25, -0.2) is 0 Å². The molecule has 0 fully saturated rings. The van der Waals surface area contributed by atoms with Crippen LogP contribution in [0.3, 0.4) is 0 Å². The highest BCUT2D eigenvalue weighted by Gasteiger charge is 2.15. The zero-order valence-corrected chi connectivity index (χ0v) is 15.3. The van der Waals surface area contributed by atoms with Crippen LogP contribution in [0, 0.1) is 0 Å². The van der Waals surface area contributed by atoms with Crippen molar-refractivity contribution in [3.8, 4) is 23.0 Å². The van der Waals surface area contributed by atoms with E-state index in [1.54, 1.807) is 18.3 Å². The van der Waals surface area contributed by atoms with Gasteiger partial charge in [0.25, 0.3) is 0 Å². The molecule has 2 aromatic carbocycles. The van der Waals surface area contributed by atoms with Gasteiger partial charge in [0.15, 0.2) is 23.0 Å². The minimum absolute atomic E-state index is 0.0175. The van der Waals surface area contributed by atoms with Crippen LogP contribution in [0.4, 0.5) is 5.69 Å². The number of ether oxygens (including phenoxy) is 3. The fourth-order valence-corrected chi connectivity index (χ4v) is 2.96. The van der Waals surface area contributed by atoms with Crippen molar-refractivity contribution in [3.05, 3.63) is 38.8 Å². The van der Waals surface area contributed by atoms with Crippen LogP contribution in [0.25, 0.3) is 0 Å². The molecule has 1 heterocycles. The lowest BCUT2D eigenvalue weighted by molar-refractivity contribution is 0.171. The standard InChI is InChI=1S/C16H13Br2NO4/c1-21-14-7-11(17)15(18)10(16(14)20)8-19-9-2-3-12-13(6-9)23-5-4-22-12/h2-3,6-8,20H,4-5H2,1H3. The molecule has 0 spiro atoms. The Morgan fingerprint density at radius 1 is 1.17 bits per heavy atom. The molecule has 1 aliphatic rings. The summed E-state index contributed by atoms with van der Waals surface area (Å²) in [6, 6.07) is 7.12. The van der Waals surface area contributed by atoms with E-state index in [-0.39, 0.29) is 5.75 Å². The molecule has 23 heavy (non-hydrogen) atoms. The molecular weight excluding hydrogens is 430 g/mol. The van der Waals surface area contributed by atoms with Crippen molar-refractivity contribution in [3.63, 3.8) is 0 Å². The summed E-state index contributed by atoms with van der Waals surface area (Å²) >= 11 is 6.84. The first-order chi connectivity index (χ1) is 11.1. The van der Waals surface area contributed by atoms with E-state index in [1.165, 1.54) is 7.11 Å². The highest BCUT2D eigenvalue weighted by molar-refractivity contribution is 9.13. The molecule has 5 nitrogen and oxygen atoms in total. The minimum atomic E-state index is 0.0175. The molecule has 120 valence electrons. The number of rotatable bonds is 3. The Morgan fingerprint density at radius 3 is 2.65 bits per heavy atom. The molecule has 1 aliphatic heterocycles. The van der Waals surface area contributed by atoms with Crippen LogP contribution < -0.4 is 14.2 Å². The average molecular weight is 443 g/mol. The fraction of sp³-hybridized carbons (Fsp3) is 0.188. The van der Waals surface area contributed by atoms with Crippen LogP contribution in [0.2, 0.25) is 0 Å². The first-order valence-corrected chi connectivity index (χ1v) is 8.37. The number of aliphatic imine (C=N–C) groups is 1. The van der Waals surface area contributed by atoms with E-state index in [9.17, 15) is 5.11 Å². The van der Waals surface area contributed by atoms with Gasteiger partial charge in [-0.1, -0.05) is 0 Å². The lowest BCUT2D eigenvalue weighted by Crippen LogP contribution is -2.14. The third-order valence-electron chi connectivity index (χ3n) is 3.28. The van der Waals surface area contributed by atoms with Crippen molar-refractivity contribution in [2.75, 3.05) is 20.3 Å². The number of hydrogen-bond donors (Lipinski definition) is 1. The number of benzene rings is 2. The smallest absolute Gasteiger partial charge is 0.167 e. The predicted octanol–water partition coefficient (Wildman–Crippen LogP) is 4.45. The van der Waals surface area contributed by atoms with Gasteiger partial charge in [-0.05, 0) is 50.1 Å². The van der Waals surface area contributed by atoms with E-state index in [2.05, 4.69) is 36.9 Å². The molecule has 1 N–H and O–H groups in total. The summed E-state index contributed by atoms with van der Waals surface area (Å²) in [5.74, 6) is 1.76. The molecule has 0 radical (unpaired) electrons. The number of halogens is 2. The molecule has 0 unspecified atom stereocenters. The van der Waals surface area contributed by atoms with E-state index in [0.29, 0.717) is 46.2 Å². The molecule has 2 aromatic rings. The van der Waals surface area contributed by atoms with Gasteiger partial charge < -0.3 is 19.3 Å². The molecule has 7 heteroatoms. The first kappa shape index (κ1) is 16.1. The number of phenols is 1. The third kappa shape index (κ3) is 3.30. The summed E-state index contributed by atoms with van der Waals surface area (Å²) in [5.41, 5.74) is 1.21. The zero-order chi connectivity index (χ0) is 16.4. The molecule has 0 saturated heterocycles. The van der Waals surface area contributed by atoms with Crippen LogP contribution in [-0.2, 0) is 0 Å². The third-order valence-corrected chi connectivity index (χ3v) is 5.29. The number of methoxy groups -OCH3 is 1. The monoisotopic (exact) mass is 441 g/mol. The number of aromatic hydroxyl groups is 1. The Labute approximate surface area is 150 Å². The average Bonchev–Trinajstić information content (AvgIpc) is 2.58. The Bertz CT molecular complexity index is 777. The van der Waals surface area contributed by atoms with Crippen LogP contribution in [0.1, 0.15) is 5.56 Å². The Hall–Kier alpha value is -1.73. The number of hydrogen-bond acceptors (Lipinski definition) is 5. The predicted molar refractivity (Wildman–Crippen MR) is 94.7 cm³/mol. The number of phenolic OH excluding ortho intramolecular Hbond substituents is 1. The van der Waals surface area contributed by atoms with Gasteiger partial charge in [0, 0.05) is 21.2 Å². The van der Waals surface area contributed by atoms with Gasteiger partial charge in [0.05, 0.1) is 18.4 Å². The normalized spacial score (nSPS) is 13.3. The highest BCUT2D eigenvalue weighted by atomic mass is 79.9. The van der Waals surface area contributed by atoms with Crippen LogP contribution in [-0.4, -0.2) is 31.6 Å². The Kier molecular flexibility index (Phi) is 4.77. The second-order valence-corrected chi connectivity index (χ2v) is 6.37. The molecule has 0 saturated carbocycles. The topological polar surface area (TPSA) is 60.3 Å².